The van der Waals surface area contributed by atoms with E-state index >= 15 is 0 Å². The van der Waals surface area contributed by atoms with Crippen molar-refractivity contribution in [3.05, 3.63) is 11.6 Å². The first-order valence-corrected chi connectivity index (χ1v) is 6.70. The normalized spacial score (nSPS) is 17.2. The summed E-state index contributed by atoms with van der Waals surface area (Å²) in [6.45, 7) is 6.68. The van der Waals surface area contributed by atoms with Crippen molar-refractivity contribution in [2.24, 2.45) is 0 Å². The second-order valence-corrected chi connectivity index (χ2v) is 4.97. The molecule has 19 heavy (non-hydrogen) atoms. The minimum absolute atomic E-state index is 0.115. The van der Waals surface area contributed by atoms with Gasteiger partial charge in [-0.3, -0.25) is 14.8 Å². The molecule has 1 aromatic heterocycles. The molecule has 2 N–H and O–H groups in total. The molecule has 1 aromatic rings. The Labute approximate surface area is 113 Å². The molecule has 1 aliphatic rings. The highest BCUT2D eigenvalue weighted by Crippen LogP contribution is 2.00. The summed E-state index contributed by atoms with van der Waals surface area (Å²) in [5.74, 6) is 1.55. The Hall–Kier alpha value is -1.47. The summed E-state index contributed by atoms with van der Waals surface area (Å²) in [7, 11) is 1.80. The number of amides is 1. The fourth-order valence-electron chi connectivity index (χ4n) is 2.13. The van der Waals surface area contributed by atoms with Crippen LogP contribution in [0.25, 0.3) is 0 Å². The summed E-state index contributed by atoms with van der Waals surface area (Å²) in [6.07, 6.45) is 1.09. The molecule has 0 spiro atoms. The van der Waals surface area contributed by atoms with Crippen molar-refractivity contribution < 1.29 is 4.79 Å². The van der Waals surface area contributed by atoms with Gasteiger partial charge in [0, 0.05) is 20.1 Å². The number of hydrogen-bond donors (Lipinski definition) is 2. The zero-order valence-electron chi connectivity index (χ0n) is 11.6. The Morgan fingerprint density at radius 1 is 1.42 bits per heavy atom. The van der Waals surface area contributed by atoms with Gasteiger partial charge in [0.1, 0.15) is 5.82 Å². The van der Waals surface area contributed by atoms with E-state index in [1.807, 2.05) is 6.92 Å². The lowest BCUT2D eigenvalue weighted by molar-refractivity contribution is -0.131. The lowest BCUT2D eigenvalue weighted by atomic mass is 10.3. The van der Waals surface area contributed by atoms with Gasteiger partial charge in [-0.2, -0.15) is 5.10 Å². The summed E-state index contributed by atoms with van der Waals surface area (Å²) in [5.41, 5.74) is 0. The van der Waals surface area contributed by atoms with Crippen LogP contribution in [-0.2, 0) is 11.3 Å². The number of H-pyrrole nitrogens is 1. The molecule has 0 aliphatic carbocycles. The highest BCUT2D eigenvalue weighted by molar-refractivity contribution is 5.77. The largest absolute Gasteiger partial charge is 0.337 e. The molecule has 1 amide bonds. The van der Waals surface area contributed by atoms with E-state index in [-0.39, 0.29) is 5.91 Å². The standard InChI is InChI=1S/C12H22N6O/c1-10-14-11(16-15-10)8-17(2)12(19)9-18-6-3-4-13-5-7-18/h13H,3-9H2,1-2H3,(H,14,15,16). The smallest absolute Gasteiger partial charge is 0.236 e. The SMILES string of the molecule is Cc1nc(CN(C)C(=O)CN2CCCNCC2)n[nH]1. The van der Waals surface area contributed by atoms with E-state index in [4.69, 9.17) is 0 Å². The third-order valence-corrected chi connectivity index (χ3v) is 3.24. The number of carbonyl (C=O) groups is 1. The molecule has 0 atom stereocenters. The minimum atomic E-state index is 0.115. The van der Waals surface area contributed by atoms with Gasteiger partial charge in [-0.05, 0) is 26.4 Å². The number of aromatic amines is 1. The summed E-state index contributed by atoms with van der Waals surface area (Å²) >= 11 is 0. The van der Waals surface area contributed by atoms with Crippen LogP contribution in [0, 0.1) is 6.92 Å². The number of aromatic nitrogens is 3. The van der Waals surface area contributed by atoms with Gasteiger partial charge < -0.3 is 10.2 Å². The third kappa shape index (κ3) is 4.29. The van der Waals surface area contributed by atoms with Gasteiger partial charge in [0.2, 0.25) is 5.91 Å². The van der Waals surface area contributed by atoms with Crippen molar-refractivity contribution in [3.8, 4) is 0 Å². The highest BCUT2D eigenvalue weighted by Gasteiger charge is 2.16. The molecule has 1 saturated heterocycles. The fraction of sp³-hybridized carbons (Fsp3) is 0.750. The Bertz CT molecular complexity index is 410. The average molecular weight is 266 g/mol. The topological polar surface area (TPSA) is 77.2 Å². The Morgan fingerprint density at radius 2 is 2.26 bits per heavy atom. The number of carbonyl (C=O) groups excluding carboxylic acids is 1. The summed E-state index contributed by atoms with van der Waals surface area (Å²) in [6, 6.07) is 0. The van der Waals surface area contributed by atoms with E-state index in [9.17, 15) is 4.79 Å². The molecule has 1 fully saturated rings. The van der Waals surface area contributed by atoms with Crippen molar-refractivity contribution >= 4 is 5.91 Å². The van der Waals surface area contributed by atoms with Crippen molar-refractivity contribution in [1.82, 2.24) is 30.3 Å². The number of likely N-dealkylation sites (N-methyl/N-ethyl adjacent to an activating group) is 1. The molecule has 0 unspecified atom stereocenters. The lowest BCUT2D eigenvalue weighted by Crippen LogP contribution is -2.39. The minimum Gasteiger partial charge on any atom is -0.337 e. The van der Waals surface area contributed by atoms with E-state index in [0.717, 1.165) is 38.4 Å². The second-order valence-electron chi connectivity index (χ2n) is 4.97. The molecule has 7 heteroatoms. The Kier molecular flexibility index (Phi) is 4.86. The van der Waals surface area contributed by atoms with Crippen LogP contribution in [0.3, 0.4) is 0 Å². The average Bonchev–Trinajstić information content (AvgIpc) is 2.64. The van der Waals surface area contributed by atoms with Gasteiger partial charge in [0.25, 0.3) is 0 Å². The maximum Gasteiger partial charge on any atom is 0.236 e. The van der Waals surface area contributed by atoms with Crippen LogP contribution in [0.2, 0.25) is 0 Å². The number of nitrogens with zero attached hydrogens (tertiary/aromatic N) is 4. The zero-order valence-corrected chi connectivity index (χ0v) is 11.6. The molecule has 0 bridgehead atoms. The van der Waals surface area contributed by atoms with Gasteiger partial charge in [-0.15, -0.1) is 0 Å². The molecule has 1 aliphatic heterocycles. The Morgan fingerprint density at radius 3 is 3.00 bits per heavy atom. The quantitative estimate of drug-likeness (QED) is 0.758. The second kappa shape index (κ2) is 6.63. The van der Waals surface area contributed by atoms with E-state index < -0.39 is 0 Å². The van der Waals surface area contributed by atoms with E-state index in [2.05, 4.69) is 25.4 Å². The molecular weight excluding hydrogens is 244 g/mol. The first-order valence-electron chi connectivity index (χ1n) is 6.70. The number of hydrogen-bond acceptors (Lipinski definition) is 5. The van der Waals surface area contributed by atoms with Crippen LogP contribution in [0.5, 0.6) is 0 Å². The van der Waals surface area contributed by atoms with Crippen LogP contribution in [0.4, 0.5) is 0 Å². The van der Waals surface area contributed by atoms with E-state index in [0.29, 0.717) is 18.9 Å². The lowest BCUT2D eigenvalue weighted by Gasteiger charge is -2.22. The van der Waals surface area contributed by atoms with Crippen LogP contribution >= 0.6 is 0 Å². The molecule has 0 radical (unpaired) electrons. The van der Waals surface area contributed by atoms with Crippen LogP contribution in [0.15, 0.2) is 0 Å². The third-order valence-electron chi connectivity index (χ3n) is 3.24. The molecule has 106 valence electrons. The van der Waals surface area contributed by atoms with Crippen molar-refractivity contribution in [2.45, 2.75) is 19.9 Å². The van der Waals surface area contributed by atoms with Gasteiger partial charge in [-0.1, -0.05) is 0 Å². The number of aryl methyl sites for hydroxylation is 1. The summed E-state index contributed by atoms with van der Waals surface area (Å²) in [4.78, 5) is 20.2. The molecule has 0 aromatic carbocycles. The predicted molar refractivity (Wildman–Crippen MR) is 71.5 cm³/mol. The molecule has 0 saturated carbocycles. The highest BCUT2D eigenvalue weighted by atomic mass is 16.2. The summed E-state index contributed by atoms with van der Waals surface area (Å²) < 4.78 is 0. The van der Waals surface area contributed by atoms with Crippen LogP contribution < -0.4 is 5.32 Å². The van der Waals surface area contributed by atoms with Crippen molar-refractivity contribution in [3.63, 3.8) is 0 Å². The first-order chi connectivity index (χ1) is 9.15. The predicted octanol–water partition coefficient (Wildman–Crippen LogP) is -0.633. The van der Waals surface area contributed by atoms with Crippen molar-refractivity contribution in [2.75, 3.05) is 39.8 Å². The van der Waals surface area contributed by atoms with Crippen LogP contribution in [-0.4, -0.2) is 70.7 Å². The number of rotatable bonds is 4. The van der Waals surface area contributed by atoms with E-state index in [1.165, 1.54) is 0 Å². The number of nitrogens with one attached hydrogen (secondary N) is 2. The van der Waals surface area contributed by atoms with Crippen LogP contribution in [0.1, 0.15) is 18.1 Å². The fourth-order valence-corrected chi connectivity index (χ4v) is 2.13. The maximum absolute atomic E-state index is 12.1. The zero-order chi connectivity index (χ0) is 13.7. The monoisotopic (exact) mass is 266 g/mol. The maximum atomic E-state index is 12.1. The molecule has 2 heterocycles. The van der Waals surface area contributed by atoms with Gasteiger partial charge in [0.15, 0.2) is 5.82 Å². The summed E-state index contributed by atoms with van der Waals surface area (Å²) in [5, 5.41) is 10.2. The van der Waals surface area contributed by atoms with Gasteiger partial charge in [0.05, 0.1) is 13.1 Å². The molecule has 7 nitrogen and oxygen atoms in total. The van der Waals surface area contributed by atoms with Gasteiger partial charge >= 0.3 is 0 Å². The van der Waals surface area contributed by atoms with Crippen molar-refractivity contribution in [1.29, 1.82) is 0 Å². The van der Waals surface area contributed by atoms with E-state index in [1.54, 1.807) is 11.9 Å². The first kappa shape index (κ1) is 14.0. The Balaban J connectivity index is 1.81. The molecular formula is C12H22N6O. The molecule has 2 rings (SSSR count). The van der Waals surface area contributed by atoms with Gasteiger partial charge in [-0.25, -0.2) is 4.98 Å².